The van der Waals surface area contributed by atoms with Gasteiger partial charge in [0.25, 0.3) is 0 Å². The summed E-state index contributed by atoms with van der Waals surface area (Å²) in [7, 11) is 4.26. The van der Waals surface area contributed by atoms with Gasteiger partial charge in [-0.2, -0.15) is 0 Å². The van der Waals surface area contributed by atoms with E-state index in [-0.39, 0.29) is 5.41 Å². The van der Waals surface area contributed by atoms with Crippen molar-refractivity contribution in [3.63, 3.8) is 0 Å². The largest absolute Gasteiger partial charge is 0.386 e. The lowest BCUT2D eigenvalue weighted by atomic mass is 9.69. The van der Waals surface area contributed by atoms with Gasteiger partial charge in [-0.25, -0.2) is 0 Å². The standard InChI is InChI=1S/C26H28N4/c1-17-25-28(4)20-12-7-8-13-21(20)30(25)23-15-9-14-22-24(23)26(17,2)16-29(22)19-11-6-5-10-18(19)27-3/h5-15,17,25,27H,16H2,1-4H3. The van der Waals surface area contributed by atoms with E-state index >= 15 is 0 Å². The number of para-hydroxylation sites is 4. The molecular formula is C26H28N4. The van der Waals surface area contributed by atoms with Crippen LogP contribution in [0.1, 0.15) is 19.4 Å². The second-order valence-corrected chi connectivity index (χ2v) is 9.11. The summed E-state index contributed by atoms with van der Waals surface area (Å²) in [5.41, 5.74) is 9.34. The molecule has 152 valence electrons. The highest BCUT2D eigenvalue weighted by molar-refractivity contribution is 5.92. The van der Waals surface area contributed by atoms with Crippen molar-refractivity contribution in [2.45, 2.75) is 25.4 Å². The highest BCUT2D eigenvalue weighted by Gasteiger charge is 2.56. The smallest absolute Gasteiger partial charge is 0.110 e. The summed E-state index contributed by atoms with van der Waals surface area (Å²) < 4.78 is 0. The highest BCUT2D eigenvalue weighted by Crippen LogP contribution is 2.61. The number of hydrogen-bond donors (Lipinski definition) is 1. The van der Waals surface area contributed by atoms with Gasteiger partial charge in [-0.3, -0.25) is 0 Å². The van der Waals surface area contributed by atoms with Crippen LogP contribution in [0.3, 0.4) is 0 Å². The van der Waals surface area contributed by atoms with E-state index < -0.39 is 0 Å². The van der Waals surface area contributed by atoms with Gasteiger partial charge in [0, 0.05) is 48.9 Å². The molecule has 0 radical (unpaired) electrons. The fraction of sp³-hybridized carbons (Fsp3) is 0.308. The Labute approximate surface area is 178 Å². The van der Waals surface area contributed by atoms with Gasteiger partial charge in [0.1, 0.15) is 6.17 Å². The van der Waals surface area contributed by atoms with Crippen LogP contribution < -0.4 is 20.0 Å². The fourth-order valence-electron chi connectivity index (χ4n) is 6.12. The number of nitrogens with one attached hydrogen (secondary N) is 1. The molecule has 4 heteroatoms. The first-order valence-electron chi connectivity index (χ1n) is 10.8. The van der Waals surface area contributed by atoms with Crippen molar-refractivity contribution in [3.05, 3.63) is 72.3 Å². The first-order valence-corrected chi connectivity index (χ1v) is 10.8. The van der Waals surface area contributed by atoms with Crippen molar-refractivity contribution in [2.24, 2.45) is 5.92 Å². The van der Waals surface area contributed by atoms with E-state index in [9.17, 15) is 0 Å². The lowest BCUT2D eigenvalue weighted by molar-refractivity contribution is 0.273. The van der Waals surface area contributed by atoms with Gasteiger partial charge in [-0.05, 0) is 36.4 Å². The van der Waals surface area contributed by atoms with Crippen LogP contribution in [0.5, 0.6) is 0 Å². The van der Waals surface area contributed by atoms with Crippen LogP contribution in [0.15, 0.2) is 66.7 Å². The second-order valence-electron chi connectivity index (χ2n) is 9.11. The topological polar surface area (TPSA) is 21.8 Å². The molecule has 0 saturated carbocycles. The van der Waals surface area contributed by atoms with Gasteiger partial charge in [0.15, 0.2) is 0 Å². The molecule has 3 aliphatic rings. The van der Waals surface area contributed by atoms with Crippen molar-refractivity contribution in [1.82, 2.24) is 0 Å². The Morgan fingerprint density at radius 1 is 0.833 bits per heavy atom. The average molecular weight is 397 g/mol. The van der Waals surface area contributed by atoms with E-state index in [0.717, 1.165) is 6.54 Å². The molecule has 3 aliphatic heterocycles. The Balaban J connectivity index is 1.59. The zero-order valence-electron chi connectivity index (χ0n) is 18.1. The predicted octanol–water partition coefficient (Wildman–Crippen LogP) is 5.70. The number of nitrogens with zero attached hydrogens (tertiary/aromatic N) is 3. The van der Waals surface area contributed by atoms with Gasteiger partial charge in [0.05, 0.1) is 22.7 Å². The van der Waals surface area contributed by atoms with Crippen molar-refractivity contribution in [2.75, 3.05) is 40.7 Å². The number of hydrogen-bond acceptors (Lipinski definition) is 4. The molecule has 6 rings (SSSR count). The third-order valence-corrected chi connectivity index (χ3v) is 7.73. The van der Waals surface area contributed by atoms with E-state index in [1.165, 1.54) is 39.7 Å². The molecule has 3 aromatic rings. The monoisotopic (exact) mass is 396 g/mol. The van der Waals surface area contributed by atoms with Crippen LogP contribution in [-0.2, 0) is 5.41 Å². The van der Waals surface area contributed by atoms with E-state index in [0.29, 0.717) is 12.1 Å². The molecule has 3 atom stereocenters. The van der Waals surface area contributed by atoms with Gasteiger partial charge in [-0.15, -0.1) is 0 Å². The predicted molar refractivity (Wildman–Crippen MR) is 127 cm³/mol. The molecule has 0 saturated heterocycles. The summed E-state index contributed by atoms with van der Waals surface area (Å²) in [4.78, 5) is 7.58. The quantitative estimate of drug-likeness (QED) is 0.600. The Morgan fingerprint density at radius 2 is 1.47 bits per heavy atom. The van der Waals surface area contributed by atoms with E-state index in [1.807, 2.05) is 7.05 Å². The summed E-state index contributed by atoms with van der Waals surface area (Å²) in [6, 6.07) is 24.3. The van der Waals surface area contributed by atoms with Crippen molar-refractivity contribution in [3.8, 4) is 0 Å². The first-order chi connectivity index (χ1) is 14.6. The van der Waals surface area contributed by atoms with Crippen LogP contribution in [0.4, 0.5) is 34.1 Å². The van der Waals surface area contributed by atoms with Crippen LogP contribution in [0, 0.1) is 5.92 Å². The highest BCUT2D eigenvalue weighted by atomic mass is 15.4. The van der Waals surface area contributed by atoms with E-state index in [4.69, 9.17) is 0 Å². The Morgan fingerprint density at radius 3 is 2.23 bits per heavy atom. The Hall–Kier alpha value is -3.14. The van der Waals surface area contributed by atoms with Crippen molar-refractivity contribution >= 4 is 34.1 Å². The molecule has 1 N–H and O–H groups in total. The zero-order chi connectivity index (χ0) is 20.6. The maximum Gasteiger partial charge on any atom is 0.110 e. The molecule has 0 fully saturated rings. The lowest BCUT2D eigenvalue weighted by Gasteiger charge is -2.48. The van der Waals surface area contributed by atoms with Crippen molar-refractivity contribution < 1.29 is 0 Å². The minimum Gasteiger partial charge on any atom is -0.386 e. The number of fused-ring (bicyclic) bond motifs is 4. The maximum absolute atomic E-state index is 3.39. The van der Waals surface area contributed by atoms with Crippen LogP contribution >= 0.6 is 0 Å². The number of benzene rings is 3. The van der Waals surface area contributed by atoms with Gasteiger partial charge in [-0.1, -0.05) is 44.2 Å². The first kappa shape index (κ1) is 17.7. The summed E-state index contributed by atoms with van der Waals surface area (Å²) in [5, 5.41) is 3.39. The molecule has 0 aromatic heterocycles. The summed E-state index contributed by atoms with van der Waals surface area (Å²) in [5.74, 6) is 0.468. The molecular weight excluding hydrogens is 368 g/mol. The van der Waals surface area contributed by atoms with Crippen LogP contribution in [0.2, 0.25) is 0 Å². The van der Waals surface area contributed by atoms with Crippen LogP contribution in [0.25, 0.3) is 0 Å². The summed E-state index contributed by atoms with van der Waals surface area (Å²) in [6.07, 6.45) is 0.328. The Bertz CT molecular complexity index is 1160. The molecule has 30 heavy (non-hydrogen) atoms. The van der Waals surface area contributed by atoms with Crippen LogP contribution in [-0.4, -0.2) is 26.8 Å². The normalized spacial score (nSPS) is 25.8. The lowest BCUT2D eigenvalue weighted by Crippen LogP contribution is -2.55. The number of rotatable bonds is 2. The molecule has 0 spiro atoms. The van der Waals surface area contributed by atoms with Gasteiger partial charge < -0.3 is 20.0 Å². The molecule has 3 unspecified atom stereocenters. The zero-order valence-corrected chi connectivity index (χ0v) is 18.1. The molecule has 0 bridgehead atoms. The molecule has 0 amide bonds. The van der Waals surface area contributed by atoms with Gasteiger partial charge >= 0.3 is 0 Å². The van der Waals surface area contributed by atoms with Crippen molar-refractivity contribution in [1.29, 1.82) is 0 Å². The Kier molecular flexibility index (Phi) is 3.51. The second kappa shape index (κ2) is 5.94. The maximum atomic E-state index is 3.39. The SMILES string of the molecule is CNc1ccccc1N1CC2(C)c3c1cccc3N1c3ccccc3N(C)C1C2C. The minimum atomic E-state index is 0.0737. The molecule has 3 aromatic carbocycles. The summed E-state index contributed by atoms with van der Waals surface area (Å²) in [6.45, 7) is 5.90. The van der Waals surface area contributed by atoms with E-state index in [2.05, 4.69) is 108 Å². The van der Waals surface area contributed by atoms with E-state index in [1.54, 1.807) is 0 Å². The van der Waals surface area contributed by atoms with Gasteiger partial charge in [0.2, 0.25) is 0 Å². The third kappa shape index (κ3) is 2.01. The minimum absolute atomic E-state index is 0.0737. The third-order valence-electron chi connectivity index (χ3n) is 7.73. The summed E-state index contributed by atoms with van der Waals surface area (Å²) >= 11 is 0. The fourth-order valence-corrected chi connectivity index (χ4v) is 6.12. The number of anilines is 6. The average Bonchev–Trinajstić information content (AvgIpc) is 3.26. The molecule has 4 nitrogen and oxygen atoms in total. The molecule has 0 aliphatic carbocycles. The molecule has 3 heterocycles.